The summed E-state index contributed by atoms with van der Waals surface area (Å²) in [7, 11) is 0. The van der Waals surface area contributed by atoms with Crippen LogP contribution in [0.3, 0.4) is 0 Å². The van der Waals surface area contributed by atoms with Crippen LogP contribution in [-0.4, -0.2) is 22.4 Å². The number of halogens is 1. The van der Waals surface area contributed by atoms with Crippen LogP contribution in [0.4, 0.5) is 5.69 Å². The van der Waals surface area contributed by atoms with Gasteiger partial charge in [0.15, 0.2) is 0 Å². The number of pyridine rings is 1. The highest BCUT2D eigenvalue weighted by Gasteiger charge is 2.13. The van der Waals surface area contributed by atoms with E-state index in [9.17, 15) is 14.9 Å². The van der Waals surface area contributed by atoms with Gasteiger partial charge in [-0.3, -0.25) is 14.9 Å². The third-order valence-electron chi connectivity index (χ3n) is 2.52. The van der Waals surface area contributed by atoms with Gasteiger partial charge in [-0.05, 0) is 19.1 Å². The Labute approximate surface area is 113 Å². The maximum absolute atomic E-state index is 11.7. The Bertz CT molecular complexity index is 673. The van der Waals surface area contributed by atoms with E-state index in [1.807, 2.05) is 0 Å². The van der Waals surface area contributed by atoms with Crippen molar-refractivity contribution < 1.29 is 9.72 Å². The van der Waals surface area contributed by atoms with Crippen LogP contribution in [0.1, 0.15) is 17.4 Å². The van der Waals surface area contributed by atoms with Crippen molar-refractivity contribution in [3.8, 4) is 0 Å². The number of carbonyl (C=O) groups is 1. The van der Waals surface area contributed by atoms with Gasteiger partial charge in [0.1, 0.15) is 5.69 Å². The van der Waals surface area contributed by atoms with Gasteiger partial charge in [0.2, 0.25) is 0 Å². The fourth-order valence-corrected chi connectivity index (χ4v) is 1.92. The quantitative estimate of drug-likeness (QED) is 0.691. The number of fused-ring (bicyclic) bond motifs is 1. The molecule has 0 spiro atoms. The summed E-state index contributed by atoms with van der Waals surface area (Å²) in [5, 5.41) is 14.2. The number of nitrogens with one attached hydrogen (secondary N) is 1. The average Bonchev–Trinajstić information content (AvgIpc) is 2.38. The van der Waals surface area contributed by atoms with Crippen LogP contribution in [0.2, 0.25) is 5.02 Å². The van der Waals surface area contributed by atoms with Gasteiger partial charge in [-0.15, -0.1) is 0 Å². The first kappa shape index (κ1) is 13.2. The fraction of sp³-hybridized carbons (Fsp3) is 0.167. The Hall–Kier alpha value is -2.21. The number of nitro groups is 1. The van der Waals surface area contributed by atoms with Gasteiger partial charge in [-0.2, -0.15) is 0 Å². The van der Waals surface area contributed by atoms with E-state index in [4.69, 9.17) is 11.6 Å². The van der Waals surface area contributed by atoms with E-state index < -0.39 is 4.92 Å². The second-order valence-electron chi connectivity index (χ2n) is 3.81. The number of benzene rings is 1. The predicted octanol–water partition coefficient (Wildman–Crippen LogP) is 2.55. The summed E-state index contributed by atoms with van der Waals surface area (Å²) >= 11 is 6.05. The number of nitro benzene ring substituents is 1. The summed E-state index contributed by atoms with van der Waals surface area (Å²) in [6, 6.07) is 5.61. The number of carbonyl (C=O) groups excluding carboxylic acids is 1. The molecule has 6 nitrogen and oxygen atoms in total. The lowest BCUT2D eigenvalue weighted by atomic mass is 10.2. The minimum Gasteiger partial charge on any atom is -0.351 e. The zero-order chi connectivity index (χ0) is 14.0. The summed E-state index contributed by atoms with van der Waals surface area (Å²) in [4.78, 5) is 26.0. The van der Waals surface area contributed by atoms with E-state index in [0.29, 0.717) is 22.5 Å². The van der Waals surface area contributed by atoms with Gasteiger partial charge >= 0.3 is 0 Å². The van der Waals surface area contributed by atoms with Crippen LogP contribution >= 0.6 is 11.6 Å². The molecule has 1 amide bonds. The molecule has 0 fully saturated rings. The largest absolute Gasteiger partial charge is 0.351 e. The normalized spacial score (nSPS) is 10.4. The number of nitrogens with zero attached hydrogens (tertiary/aromatic N) is 2. The van der Waals surface area contributed by atoms with Gasteiger partial charge in [-0.1, -0.05) is 11.6 Å². The summed E-state index contributed by atoms with van der Waals surface area (Å²) in [6.07, 6.45) is 0. The lowest BCUT2D eigenvalue weighted by molar-refractivity contribution is -0.384. The Morgan fingerprint density at radius 2 is 2.21 bits per heavy atom. The van der Waals surface area contributed by atoms with Crippen LogP contribution < -0.4 is 5.32 Å². The SMILES string of the molecule is CCNC(=O)c1cc(Cl)c2ccc([N+](=O)[O-])cc2n1. The van der Waals surface area contributed by atoms with Gasteiger partial charge in [0.25, 0.3) is 11.6 Å². The number of hydrogen-bond acceptors (Lipinski definition) is 4. The molecule has 0 aliphatic rings. The molecule has 0 radical (unpaired) electrons. The van der Waals surface area contributed by atoms with Gasteiger partial charge < -0.3 is 5.32 Å². The van der Waals surface area contributed by atoms with Crippen molar-refractivity contribution >= 4 is 34.1 Å². The highest BCUT2D eigenvalue weighted by atomic mass is 35.5. The van der Waals surface area contributed by atoms with Crippen LogP contribution in [0, 0.1) is 10.1 Å². The Morgan fingerprint density at radius 3 is 2.84 bits per heavy atom. The molecular weight excluding hydrogens is 270 g/mol. The number of rotatable bonds is 3. The Kier molecular flexibility index (Phi) is 3.62. The first-order chi connectivity index (χ1) is 9.02. The Balaban J connectivity index is 2.59. The smallest absolute Gasteiger partial charge is 0.271 e. The highest BCUT2D eigenvalue weighted by molar-refractivity contribution is 6.35. The molecule has 1 N–H and O–H groups in total. The van der Waals surface area contributed by atoms with E-state index in [0.717, 1.165) is 0 Å². The molecule has 0 unspecified atom stereocenters. The van der Waals surface area contributed by atoms with Crippen molar-refractivity contribution in [2.45, 2.75) is 6.92 Å². The molecular formula is C12H10ClN3O3. The molecule has 0 atom stereocenters. The molecule has 1 aromatic heterocycles. The molecule has 2 aromatic rings. The summed E-state index contributed by atoms with van der Waals surface area (Å²) in [5.74, 6) is -0.363. The average molecular weight is 280 g/mol. The maximum Gasteiger partial charge on any atom is 0.271 e. The molecule has 0 saturated heterocycles. The molecule has 7 heteroatoms. The maximum atomic E-state index is 11.7. The second-order valence-corrected chi connectivity index (χ2v) is 4.21. The van der Waals surface area contributed by atoms with Gasteiger partial charge in [0.05, 0.1) is 15.5 Å². The van der Waals surface area contributed by atoms with Crippen LogP contribution in [-0.2, 0) is 0 Å². The molecule has 2 rings (SSSR count). The summed E-state index contributed by atoms with van der Waals surface area (Å²) < 4.78 is 0. The zero-order valence-electron chi connectivity index (χ0n) is 10.0. The van der Waals surface area contributed by atoms with Crippen molar-refractivity contribution in [1.82, 2.24) is 10.3 Å². The lowest BCUT2D eigenvalue weighted by Gasteiger charge is -2.05. The van der Waals surface area contributed by atoms with Gasteiger partial charge in [0, 0.05) is 24.1 Å². The number of hydrogen-bond donors (Lipinski definition) is 1. The Morgan fingerprint density at radius 1 is 1.47 bits per heavy atom. The van der Waals surface area contributed by atoms with Crippen LogP contribution in [0.15, 0.2) is 24.3 Å². The standard InChI is InChI=1S/C12H10ClN3O3/c1-2-14-12(17)11-6-9(13)8-4-3-7(16(18)19)5-10(8)15-11/h3-6H,2H2,1H3,(H,14,17). The third-order valence-corrected chi connectivity index (χ3v) is 2.84. The monoisotopic (exact) mass is 279 g/mol. The molecule has 19 heavy (non-hydrogen) atoms. The molecule has 1 heterocycles. The van der Waals surface area contributed by atoms with E-state index in [2.05, 4.69) is 10.3 Å². The van der Waals surface area contributed by atoms with E-state index in [-0.39, 0.29) is 17.3 Å². The number of non-ortho nitro benzene ring substituents is 1. The highest BCUT2D eigenvalue weighted by Crippen LogP contribution is 2.26. The molecule has 98 valence electrons. The van der Waals surface area contributed by atoms with Crippen molar-refractivity contribution in [1.29, 1.82) is 0 Å². The van der Waals surface area contributed by atoms with E-state index in [1.54, 1.807) is 6.92 Å². The molecule has 1 aromatic carbocycles. The van der Waals surface area contributed by atoms with Crippen molar-refractivity contribution in [2.24, 2.45) is 0 Å². The summed E-state index contributed by atoms with van der Waals surface area (Å²) in [5.41, 5.74) is 0.368. The first-order valence-corrected chi connectivity index (χ1v) is 5.93. The van der Waals surface area contributed by atoms with E-state index in [1.165, 1.54) is 24.3 Å². The number of amides is 1. The first-order valence-electron chi connectivity index (χ1n) is 5.56. The zero-order valence-corrected chi connectivity index (χ0v) is 10.8. The van der Waals surface area contributed by atoms with Gasteiger partial charge in [-0.25, -0.2) is 4.98 Å². The predicted molar refractivity (Wildman–Crippen MR) is 71.4 cm³/mol. The minimum absolute atomic E-state index is 0.0934. The number of aromatic nitrogens is 1. The third kappa shape index (κ3) is 2.63. The van der Waals surface area contributed by atoms with E-state index >= 15 is 0 Å². The van der Waals surface area contributed by atoms with Crippen LogP contribution in [0.25, 0.3) is 10.9 Å². The van der Waals surface area contributed by atoms with Crippen molar-refractivity contribution in [3.63, 3.8) is 0 Å². The molecule has 0 aliphatic carbocycles. The van der Waals surface area contributed by atoms with Crippen molar-refractivity contribution in [3.05, 3.63) is 45.1 Å². The molecule has 0 bridgehead atoms. The molecule has 0 saturated carbocycles. The lowest BCUT2D eigenvalue weighted by Crippen LogP contribution is -2.23. The summed E-state index contributed by atoms with van der Waals surface area (Å²) in [6.45, 7) is 2.25. The topological polar surface area (TPSA) is 85.1 Å². The van der Waals surface area contributed by atoms with Crippen molar-refractivity contribution in [2.75, 3.05) is 6.54 Å². The fourth-order valence-electron chi connectivity index (χ4n) is 1.66. The van der Waals surface area contributed by atoms with Crippen LogP contribution in [0.5, 0.6) is 0 Å². The molecule has 0 aliphatic heterocycles. The second kappa shape index (κ2) is 5.19. The minimum atomic E-state index is -0.520.